The molecule has 3 fully saturated rings. The molecule has 4 heteroatoms. The Morgan fingerprint density at radius 1 is 1.10 bits per heavy atom. The van der Waals surface area contributed by atoms with Crippen LogP contribution in [-0.2, 0) is 9.59 Å². The molecule has 5 atom stereocenters. The molecule has 2 aliphatic carbocycles. The number of hydrogen-bond donors (Lipinski definition) is 1. The first-order chi connectivity index (χ1) is 9.36. The Morgan fingerprint density at radius 3 is 2.25 bits per heavy atom. The maximum absolute atomic E-state index is 13.0. The summed E-state index contributed by atoms with van der Waals surface area (Å²) in [7, 11) is 0. The van der Waals surface area contributed by atoms with Crippen molar-refractivity contribution in [2.45, 2.75) is 71.0 Å². The molecule has 3 rings (SSSR count). The molecule has 20 heavy (non-hydrogen) atoms. The molecule has 0 spiro atoms. The first kappa shape index (κ1) is 13.9. The van der Waals surface area contributed by atoms with Crippen molar-refractivity contribution in [1.82, 2.24) is 10.2 Å². The predicted octanol–water partition coefficient (Wildman–Crippen LogP) is 1.94. The lowest BCUT2D eigenvalue weighted by Crippen LogP contribution is -2.71. The van der Waals surface area contributed by atoms with Gasteiger partial charge in [-0.3, -0.25) is 9.59 Å². The van der Waals surface area contributed by atoms with Gasteiger partial charge in [0.15, 0.2) is 0 Å². The van der Waals surface area contributed by atoms with E-state index in [9.17, 15) is 9.59 Å². The van der Waals surface area contributed by atoms with Crippen molar-refractivity contribution in [3.8, 4) is 0 Å². The van der Waals surface area contributed by atoms with Crippen LogP contribution in [0.3, 0.4) is 0 Å². The van der Waals surface area contributed by atoms with Crippen LogP contribution in [-0.4, -0.2) is 34.3 Å². The highest BCUT2D eigenvalue weighted by molar-refractivity contribution is 6.00. The van der Waals surface area contributed by atoms with E-state index in [1.165, 1.54) is 0 Å². The quantitative estimate of drug-likeness (QED) is 0.839. The Bertz CT molecular complexity index is 446. The molecule has 1 heterocycles. The average Bonchev–Trinajstić information content (AvgIpc) is 3.19. The molecule has 0 bridgehead atoms. The lowest BCUT2D eigenvalue weighted by Gasteiger charge is -2.47. The number of hydrogen-bond acceptors (Lipinski definition) is 2. The van der Waals surface area contributed by atoms with Crippen molar-refractivity contribution in [3.63, 3.8) is 0 Å². The second kappa shape index (κ2) is 4.47. The number of nitrogens with zero attached hydrogens (tertiary/aromatic N) is 1. The minimum Gasteiger partial charge on any atom is -0.340 e. The topological polar surface area (TPSA) is 49.4 Å². The summed E-state index contributed by atoms with van der Waals surface area (Å²) in [5.41, 5.74) is -0.658. The molecule has 0 aromatic carbocycles. The van der Waals surface area contributed by atoms with E-state index in [0.717, 1.165) is 25.7 Å². The van der Waals surface area contributed by atoms with Crippen molar-refractivity contribution in [2.24, 2.45) is 17.8 Å². The molecule has 1 saturated heterocycles. The van der Waals surface area contributed by atoms with Crippen LogP contribution >= 0.6 is 0 Å². The van der Waals surface area contributed by atoms with Crippen LogP contribution in [0.2, 0.25) is 0 Å². The zero-order chi connectivity index (χ0) is 14.7. The van der Waals surface area contributed by atoms with Crippen molar-refractivity contribution in [2.75, 3.05) is 0 Å². The van der Waals surface area contributed by atoms with Gasteiger partial charge in [0.05, 0.1) is 0 Å². The molecule has 112 valence electrons. The van der Waals surface area contributed by atoms with Crippen molar-refractivity contribution >= 4 is 11.8 Å². The van der Waals surface area contributed by atoms with Gasteiger partial charge in [0, 0.05) is 6.04 Å². The minimum atomic E-state index is -0.658. The maximum atomic E-state index is 13.0. The van der Waals surface area contributed by atoms with Gasteiger partial charge in [0.1, 0.15) is 11.6 Å². The Labute approximate surface area is 121 Å². The first-order valence-electron chi connectivity index (χ1n) is 8.01. The van der Waals surface area contributed by atoms with Gasteiger partial charge in [0.25, 0.3) is 0 Å². The molecule has 5 unspecified atom stereocenters. The largest absolute Gasteiger partial charge is 0.340 e. The third-order valence-corrected chi connectivity index (χ3v) is 6.03. The fourth-order valence-electron chi connectivity index (χ4n) is 4.09. The third-order valence-electron chi connectivity index (χ3n) is 6.03. The van der Waals surface area contributed by atoms with Gasteiger partial charge < -0.3 is 10.2 Å². The van der Waals surface area contributed by atoms with Crippen LogP contribution in [0.5, 0.6) is 0 Å². The summed E-state index contributed by atoms with van der Waals surface area (Å²) in [4.78, 5) is 27.3. The number of nitrogens with one attached hydrogen (secondary N) is 1. The molecule has 3 aliphatic rings. The molecule has 4 nitrogen and oxygen atoms in total. The Morgan fingerprint density at radius 2 is 1.75 bits per heavy atom. The standard InChI is InChI=1S/C16H26N2O2/c1-9-5-8-13(10(9)2)18-11(3)14(19)17-16(4,15(18)20)12-6-7-12/h9-13H,5-8H2,1-4H3,(H,17,19). The minimum absolute atomic E-state index is 0.0192. The highest BCUT2D eigenvalue weighted by Gasteiger charge is 2.56. The van der Waals surface area contributed by atoms with Crippen LogP contribution in [0, 0.1) is 17.8 Å². The fourth-order valence-corrected chi connectivity index (χ4v) is 4.09. The van der Waals surface area contributed by atoms with E-state index in [-0.39, 0.29) is 23.9 Å². The van der Waals surface area contributed by atoms with Gasteiger partial charge in [-0.1, -0.05) is 13.8 Å². The van der Waals surface area contributed by atoms with Crippen LogP contribution in [0.4, 0.5) is 0 Å². The number of piperazine rings is 1. The molecule has 0 aromatic rings. The van der Waals surface area contributed by atoms with E-state index in [0.29, 0.717) is 17.8 Å². The SMILES string of the molecule is CC1CCC(N2C(=O)C(C)(C3CC3)NC(=O)C2C)C1C. The van der Waals surface area contributed by atoms with E-state index >= 15 is 0 Å². The van der Waals surface area contributed by atoms with E-state index in [4.69, 9.17) is 0 Å². The lowest BCUT2D eigenvalue weighted by molar-refractivity contribution is -0.158. The summed E-state index contributed by atoms with van der Waals surface area (Å²) < 4.78 is 0. The van der Waals surface area contributed by atoms with Crippen molar-refractivity contribution < 1.29 is 9.59 Å². The van der Waals surface area contributed by atoms with Gasteiger partial charge in [0.2, 0.25) is 11.8 Å². The molecule has 0 radical (unpaired) electrons. The summed E-state index contributed by atoms with van der Waals surface area (Å²) in [6.07, 6.45) is 4.30. The number of carbonyl (C=O) groups is 2. The summed E-state index contributed by atoms with van der Waals surface area (Å²) in [5, 5.41) is 3.00. The van der Waals surface area contributed by atoms with Gasteiger partial charge in [-0.2, -0.15) is 0 Å². The molecule has 2 amide bonds. The van der Waals surface area contributed by atoms with Crippen LogP contribution < -0.4 is 5.32 Å². The van der Waals surface area contributed by atoms with Crippen LogP contribution in [0.15, 0.2) is 0 Å². The second-order valence-electron chi connectivity index (χ2n) is 7.34. The van der Waals surface area contributed by atoms with Crippen molar-refractivity contribution in [3.05, 3.63) is 0 Å². The average molecular weight is 278 g/mol. The molecule has 2 saturated carbocycles. The monoisotopic (exact) mass is 278 g/mol. The van der Waals surface area contributed by atoms with Gasteiger partial charge >= 0.3 is 0 Å². The van der Waals surface area contributed by atoms with E-state index in [2.05, 4.69) is 19.2 Å². The lowest BCUT2D eigenvalue weighted by atomic mass is 9.86. The summed E-state index contributed by atoms with van der Waals surface area (Å²) >= 11 is 0. The Hall–Kier alpha value is -1.06. The number of amides is 2. The molecular formula is C16H26N2O2. The van der Waals surface area contributed by atoms with Gasteiger partial charge in [-0.15, -0.1) is 0 Å². The van der Waals surface area contributed by atoms with E-state index in [1.54, 1.807) is 0 Å². The highest BCUT2D eigenvalue weighted by Crippen LogP contribution is 2.44. The predicted molar refractivity (Wildman–Crippen MR) is 76.9 cm³/mol. The Kier molecular flexibility index (Phi) is 3.11. The summed E-state index contributed by atoms with van der Waals surface area (Å²) in [6, 6.07) is -0.0938. The van der Waals surface area contributed by atoms with Crippen LogP contribution in [0.25, 0.3) is 0 Å². The first-order valence-corrected chi connectivity index (χ1v) is 8.01. The zero-order valence-electron chi connectivity index (χ0n) is 13.0. The summed E-state index contributed by atoms with van der Waals surface area (Å²) in [5.74, 6) is 1.62. The summed E-state index contributed by atoms with van der Waals surface area (Å²) in [6.45, 7) is 8.27. The maximum Gasteiger partial charge on any atom is 0.249 e. The molecular weight excluding hydrogens is 252 g/mol. The van der Waals surface area contributed by atoms with Crippen LogP contribution in [0.1, 0.15) is 53.4 Å². The number of carbonyl (C=O) groups excluding carboxylic acids is 2. The van der Waals surface area contributed by atoms with Gasteiger partial charge in [-0.25, -0.2) is 0 Å². The molecule has 0 aromatic heterocycles. The molecule has 1 N–H and O–H groups in total. The fraction of sp³-hybridized carbons (Fsp3) is 0.875. The number of rotatable bonds is 2. The van der Waals surface area contributed by atoms with E-state index in [1.807, 2.05) is 18.7 Å². The third kappa shape index (κ3) is 1.87. The highest BCUT2D eigenvalue weighted by atomic mass is 16.2. The molecule has 1 aliphatic heterocycles. The van der Waals surface area contributed by atoms with Crippen molar-refractivity contribution in [1.29, 1.82) is 0 Å². The van der Waals surface area contributed by atoms with E-state index < -0.39 is 5.54 Å². The second-order valence-corrected chi connectivity index (χ2v) is 7.34. The zero-order valence-corrected chi connectivity index (χ0v) is 13.0. The van der Waals surface area contributed by atoms with Gasteiger partial charge in [-0.05, 0) is 57.3 Å². The normalized spacial score (nSPS) is 45.7. The Balaban J connectivity index is 1.91. The smallest absolute Gasteiger partial charge is 0.249 e.